The second kappa shape index (κ2) is 6.26. The van der Waals surface area contributed by atoms with Crippen LogP contribution < -0.4 is 4.90 Å². The van der Waals surface area contributed by atoms with E-state index in [0.717, 1.165) is 47.7 Å². The van der Waals surface area contributed by atoms with Crippen molar-refractivity contribution in [2.24, 2.45) is 0 Å². The summed E-state index contributed by atoms with van der Waals surface area (Å²) in [7, 11) is 0. The van der Waals surface area contributed by atoms with Crippen molar-refractivity contribution >= 4 is 16.7 Å². The minimum absolute atomic E-state index is 0.116. The Morgan fingerprint density at radius 3 is 2.77 bits per heavy atom. The number of anilines is 1. The summed E-state index contributed by atoms with van der Waals surface area (Å²) in [5.41, 5.74) is 1.12. The number of para-hydroxylation sites is 1. The largest absolute Gasteiger partial charge is 0.435 e. The van der Waals surface area contributed by atoms with E-state index >= 15 is 0 Å². The summed E-state index contributed by atoms with van der Waals surface area (Å²) in [4.78, 5) is 10.9. The number of hydrogen-bond donors (Lipinski definition) is 0. The fourth-order valence-corrected chi connectivity index (χ4v) is 3.53. The average Bonchev–Trinajstić information content (AvgIpc) is 3.12. The number of aromatic nitrogens is 4. The number of fused-ring (bicyclic) bond motifs is 1. The van der Waals surface area contributed by atoms with Crippen molar-refractivity contribution < 1.29 is 13.2 Å². The smallest absolute Gasteiger partial charge is 0.354 e. The zero-order valence-electron chi connectivity index (χ0n) is 14.2. The quantitative estimate of drug-likeness (QED) is 0.692. The van der Waals surface area contributed by atoms with Crippen LogP contribution in [0.15, 0.2) is 36.8 Å². The summed E-state index contributed by atoms with van der Waals surface area (Å²) in [5, 5.41) is 4.70. The van der Waals surface area contributed by atoms with Gasteiger partial charge >= 0.3 is 6.18 Å². The van der Waals surface area contributed by atoms with Crippen molar-refractivity contribution in [1.82, 2.24) is 19.7 Å². The first-order chi connectivity index (χ1) is 12.4. The zero-order valence-corrected chi connectivity index (χ0v) is 14.2. The molecule has 0 radical (unpaired) electrons. The molecule has 0 amide bonds. The van der Waals surface area contributed by atoms with Crippen LogP contribution >= 0.6 is 0 Å². The van der Waals surface area contributed by atoms with Gasteiger partial charge in [-0.15, -0.1) is 0 Å². The molecule has 8 heteroatoms. The third kappa shape index (κ3) is 3.00. The lowest BCUT2D eigenvalue weighted by molar-refractivity contribution is -0.141. The van der Waals surface area contributed by atoms with Crippen LogP contribution in [0.4, 0.5) is 19.0 Å². The average molecular weight is 361 g/mol. The summed E-state index contributed by atoms with van der Waals surface area (Å²) in [6.45, 7) is 3.38. The number of piperidine rings is 1. The van der Waals surface area contributed by atoms with Crippen LogP contribution in [0.5, 0.6) is 0 Å². The summed E-state index contributed by atoms with van der Waals surface area (Å²) in [5.74, 6) is 0.826. The predicted octanol–water partition coefficient (Wildman–Crippen LogP) is 4.00. The molecule has 5 nitrogen and oxygen atoms in total. The van der Waals surface area contributed by atoms with Crippen LogP contribution in [-0.2, 0) is 6.18 Å². The van der Waals surface area contributed by atoms with Crippen LogP contribution in [0.3, 0.4) is 0 Å². The molecule has 26 heavy (non-hydrogen) atoms. The maximum atomic E-state index is 12.8. The molecular formula is C18H18F3N5. The topological polar surface area (TPSA) is 46.8 Å². The molecule has 0 saturated carbocycles. The number of benzene rings is 1. The maximum Gasteiger partial charge on any atom is 0.435 e. The molecule has 1 aromatic carbocycles. The summed E-state index contributed by atoms with van der Waals surface area (Å²) in [6, 6.07) is 6.87. The third-order valence-electron chi connectivity index (χ3n) is 4.81. The summed E-state index contributed by atoms with van der Waals surface area (Å²) >= 11 is 0. The van der Waals surface area contributed by atoms with Crippen molar-refractivity contribution in [1.29, 1.82) is 0 Å². The number of rotatable bonds is 2. The predicted molar refractivity (Wildman–Crippen MR) is 92.0 cm³/mol. The van der Waals surface area contributed by atoms with Gasteiger partial charge in [0.15, 0.2) is 5.69 Å². The van der Waals surface area contributed by atoms with Crippen molar-refractivity contribution in [2.45, 2.75) is 32.0 Å². The Balaban J connectivity index is 1.64. The van der Waals surface area contributed by atoms with Gasteiger partial charge in [0, 0.05) is 24.7 Å². The first kappa shape index (κ1) is 16.8. The number of nitrogens with zero attached hydrogens (tertiary/aromatic N) is 5. The van der Waals surface area contributed by atoms with E-state index in [1.165, 1.54) is 10.9 Å². The molecule has 1 fully saturated rings. The highest BCUT2D eigenvalue weighted by atomic mass is 19.4. The molecule has 0 bridgehead atoms. The second-order valence-corrected chi connectivity index (χ2v) is 6.59. The molecule has 136 valence electrons. The van der Waals surface area contributed by atoms with E-state index in [1.54, 1.807) is 6.33 Å². The van der Waals surface area contributed by atoms with Gasteiger partial charge in [-0.25, -0.2) is 9.97 Å². The van der Waals surface area contributed by atoms with Crippen molar-refractivity contribution in [2.75, 3.05) is 18.0 Å². The molecule has 0 spiro atoms. The van der Waals surface area contributed by atoms with Crippen molar-refractivity contribution in [3.8, 4) is 0 Å². The molecule has 3 heterocycles. The first-order valence-corrected chi connectivity index (χ1v) is 8.51. The Morgan fingerprint density at radius 2 is 2.00 bits per heavy atom. The maximum absolute atomic E-state index is 12.8. The van der Waals surface area contributed by atoms with Gasteiger partial charge in [0.1, 0.15) is 12.1 Å². The summed E-state index contributed by atoms with van der Waals surface area (Å²) in [6.07, 6.45) is 0.198. The molecule has 4 rings (SSSR count). The lowest BCUT2D eigenvalue weighted by Gasteiger charge is -2.34. The van der Waals surface area contributed by atoms with Crippen LogP contribution in [0.25, 0.3) is 10.9 Å². The van der Waals surface area contributed by atoms with E-state index in [-0.39, 0.29) is 6.04 Å². The highest BCUT2D eigenvalue weighted by Gasteiger charge is 2.34. The van der Waals surface area contributed by atoms with Gasteiger partial charge in [0.2, 0.25) is 0 Å². The van der Waals surface area contributed by atoms with E-state index in [0.29, 0.717) is 6.54 Å². The SMILES string of the molecule is Cc1cccc2c(N3CCCC(n4ccc(C(F)(F)F)n4)C3)ncnc12. The highest BCUT2D eigenvalue weighted by molar-refractivity contribution is 5.91. The van der Waals surface area contributed by atoms with E-state index in [9.17, 15) is 13.2 Å². The van der Waals surface area contributed by atoms with E-state index in [4.69, 9.17) is 0 Å². The molecule has 1 aliphatic heterocycles. The summed E-state index contributed by atoms with van der Waals surface area (Å²) < 4.78 is 39.9. The fraction of sp³-hybridized carbons (Fsp3) is 0.389. The second-order valence-electron chi connectivity index (χ2n) is 6.59. The van der Waals surface area contributed by atoms with Crippen LogP contribution in [-0.4, -0.2) is 32.8 Å². The number of hydrogen-bond acceptors (Lipinski definition) is 4. The van der Waals surface area contributed by atoms with Gasteiger partial charge in [-0.1, -0.05) is 12.1 Å². The Morgan fingerprint density at radius 1 is 1.15 bits per heavy atom. The Labute approximate surface area is 148 Å². The normalized spacial score (nSPS) is 18.5. The zero-order chi connectivity index (χ0) is 18.3. The standard InChI is InChI=1S/C18H18F3N5/c1-12-4-2-6-14-16(12)22-11-23-17(14)25-8-3-5-13(10-25)26-9-7-15(24-26)18(19,20)21/h2,4,6-7,9,11,13H,3,5,8,10H2,1H3. The van der Waals surface area contributed by atoms with Crippen molar-refractivity contribution in [3.05, 3.63) is 48.0 Å². The minimum atomic E-state index is -4.42. The van der Waals surface area contributed by atoms with Crippen LogP contribution in [0, 0.1) is 6.92 Å². The molecule has 2 aromatic heterocycles. The van der Waals surface area contributed by atoms with Gasteiger partial charge in [-0.05, 0) is 37.5 Å². The molecule has 0 N–H and O–H groups in total. The van der Waals surface area contributed by atoms with Gasteiger partial charge in [-0.2, -0.15) is 18.3 Å². The number of alkyl halides is 3. The Kier molecular flexibility index (Phi) is 4.05. The molecule has 1 aliphatic rings. The van der Waals surface area contributed by atoms with Crippen LogP contribution in [0.2, 0.25) is 0 Å². The highest BCUT2D eigenvalue weighted by Crippen LogP contribution is 2.32. The number of aryl methyl sites for hydroxylation is 1. The monoisotopic (exact) mass is 361 g/mol. The van der Waals surface area contributed by atoms with Gasteiger partial charge in [-0.3, -0.25) is 4.68 Å². The molecule has 1 saturated heterocycles. The van der Waals surface area contributed by atoms with E-state index < -0.39 is 11.9 Å². The lowest BCUT2D eigenvalue weighted by Crippen LogP contribution is -2.37. The molecule has 0 aliphatic carbocycles. The minimum Gasteiger partial charge on any atom is -0.354 e. The van der Waals surface area contributed by atoms with E-state index in [1.807, 2.05) is 25.1 Å². The Hall–Kier alpha value is -2.64. The lowest BCUT2D eigenvalue weighted by atomic mass is 10.0. The Bertz CT molecular complexity index is 934. The van der Waals surface area contributed by atoms with Gasteiger partial charge in [0.05, 0.1) is 11.6 Å². The molecule has 1 atom stereocenters. The molecule has 3 aromatic rings. The van der Waals surface area contributed by atoms with Gasteiger partial charge < -0.3 is 4.90 Å². The molecule has 1 unspecified atom stereocenters. The third-order valence-corrected chi connectivity index (χ3v) is 4.81. The van der Waals surface area contributed by atoms with Crippen molar-refractivity contribution in [3.63, 3.8) is 0 Å². The first-order valence-electron chi connectivity index (χ1n) is 8.51. The van der Waals surface area contributed by atoms with E-state index in [2.05, 4.69) is 20.0 Å². The molecular weight excluding hydrogens is 343 g/mol. The number of halogens is 3. The van der Waals surface area contributed by atoms with Crippen LogP contribution in [0.1, 0.15) is 30.1 Å². The fourth-order valence-electron chi connectivity index (χ4n) is 3.53. The van der Waals surface area contributed by atoms with Gasteiger partial charge in [0.25, 0.3) is 0 Å².